The van der Waals surface area contributed by atoms with Gasteiger partial charge >= 0.3 is 0 Å². The monoisotopic (exact) mass is 271 g/mol. The fourth-order valence-corrected chi connectivity index (χ4v) is 3.12. The highest BCUT2D eigenvalue weighted by Gasteiger charge is 2.23. The van der Waals surface area contributed by atoms with E-state index < -0.39 is 0 Å². The highest BCUT2D eigenvalue weighted by atomic mass is 35.5. The molecular formula is C14H19Cl2N. The second kappa shape index (κ2) is 6.63. The molecule has 0 bridgehead atoms. The van der Waals surface area contributed by atoms with Gasteiger partial charge in [0, 0.05) is 30.9 Å². The molecule has 0 fully saturated rings. The van der Waals surface area contributed by atoms with Gasteiger partial charge in [-0.05, 0) is 30.4 Å². The molecule has 0 amide bonds. The van der Waals surface area contributed by atoms with Crippen LogP contribution in [0.5, 0.6) is 0 Å². The minimum absolute atomic E-state index is 0.613. The van der Waals surface area contributed by atoms with Crippen LogP contribution in [0.3, 0.4) is 0 Å². The molecule has 17 heavy (non-hydrogen) atoms. The van der Waals surface area contributed by atoms with Crippen LogP contribution < -0.4 is 0 Å². The van der Waals surface area contributed by atoms with Gasteiger partial charge in [-0.15, -0.1) is 23.2 Å². The summed E-state index contributed by atoms with van der Waals surface area (Å²) in [6.07, 6.45) is 3.55. The van der Waals surface area contributed by atoms with Crippen molar-refractivity contribution >= 4 is 23.2 Å². The lowest BCUT2D eigenvalue weighted by atomic mass is 9.87. The molecule has 0 aromatic heterocycles. The van der Waals surface area contributed by atoms with Crippen LogP contribution >= 0.6 is 23.2 Å². The zero-order valence-corrected chi connectivity index (χ0v) is 11.6. The Morgan fingerprint density at radius 1 is 1.06 bits per heavy atom. The summed E-state index contributed by atoms with van der Waals surface area (Å²) in [7, 11) is 0. The number of fused-ring (bicyclic) bond motifs is 1. The molecule has 1 atom stereocenters. The summed E-state index contributed by atoms with van der Waals surface area (Å²) in [5.41, 5.74) is 3.01. The zero-order chi connectivity index (χ0) is 12.1. The van der Waals surface area contributed by atoms with Crippen molar-refractivity contribution in [3.8, 4) is 0 Å². The predicted molar refractivity (Wildman–Crippen MR) is 75.3 cm³/mol. The summed E-state index contributed by atoms with van der Waals surface area (Å²) in [5.74, 6) is 1.38. The molecule has 0 N–H and O–H groups in total. The lowest BCUT2D eigenvalue weighted by Gasteiger charge is -2.34. The summed E-state index contributed by atoms with van der Waals surface area (Å²) in [4.78, 5) is 2.44. The molecule has 0 saturated heterocycles. The Bertz CT molecular complexity index is 348. The first kappa shape index (κ1) is 13.2. The van der Waals surface area contributed by atoms with Crippen molar-refractivity contribution < 1.29 is 0 Å². The first-order valence-corrected chi connectivity index (χ1v) is 7.35. The second-order valence-corrected chi connectivity index (χ2v) is 5.34. The van der Waals surface area contributed by atoms with E-state index in [2.05, 4.69) is 29.2 Å². The van der Waals surface area contributed by atoms with E-state index in [1.165, 1.54) is 24.0 Å². The van der Waals surface area contributed by atoms with Crippen molar-refractivity contribution in [3.05, 3.63) is 35.4 Å². The third-order valence-corrected chi connectivity index (χ3v) is 3.92. The molecule has 0 spiro atoms. The van der Waals surface area contributed by atoms with E-state index in [4.69, 9.17) is 23.2 Å². The molecule has 0 unspecified atom stereocenters. The van der Waals surface area contributed by atoms with Gasteiger partial charge in [-0.25, -0.2) is 0 Å². The van der Waals surface area contributed by atoms with Gasteiger partial charge in [0.05, 0.1) is 0 Å². The molecule has 0 heterocycles. The van der Waals surface area contributed by atoms with Gasteiger partial charge in [0.2, 0.25) is 0 Å². The van der Waals surface area contributed by atoms with Gasteiger partial charge in [-0.3, -0.25) is 4.90 Å². The van der Waals surface area contributed by atoms with Crippen molar-refractivity contribution in [2.24, 2.45) is 0 Å². The molecular weight excluding hydrogens is 253 g/mol. The lowest BCUT2D eigenvalue weighted by molar-refractivity contribution is 0.201. The second-order valence-electron chi connectivity index (χ2n) is 4.58. The van der Waals surface area contributed by atoms with Crippen molar-refractivity contribution in [1.29, 1.82) is 0 Å². The lowest BCUT2D eigenvalue weighted by Crippen LogP contribution is -2.41. The third kappa shape index (κ3) is 3.37. The third-order valence-electron chi connectivity index (χ3n) is 3.58. The minimum Gasteiger partial charge on any atom is -0.298 e. The standard InChI is InChI=1S/C14H19Cl2N/c15-7-9-17(10-8-16)14-6-5-12-3-1-2-4-13(12)11-14/h1-4,14H,5-11H2/t14-/m0/s1. The van der Waals surface area contributed by atoms with E-state index in [0.717, 1.165) is 19.5 Å². The number of hydrogen-bond donors (Lipinski definition) is 0. The molecule has 2 rings (SSSR count). The van der Waals surface area contributed by atoms with Gasteiger partial charge in [-0.2, -0.15) is 0 Å². The Hall–Kier alpha value is -0.240. The Balaban J connectivity index is 2.04. The topological polar surface area (TPSA) is 3.24 Å². The summed E-state index contributed by atoms with van der Waals surface area (Å²) in [6.45, 7) is 1.89. The quantitative estimate of drug-likeness (QED) is 0.743. The number of aryl methyl sites for hydroxylation is 1. The maximum absolute atomic E-state index is 5.87. The van der Waals surface area contributed by atoms with E-state index >= 15 is 0 Å². The maximum atomic E-state index is 5.87. The van der Waals surface area contributed by atoms with Gasteiger partial charge in [0.1, 0.15) is 0 Å². The van der Waals surface area contributed by atoms with E-state index in [1.54, 1.807) is 0 Å². The smallest absolute Gasteiger partial charge is 0.0351 e. The number of benzene rings is 1. The molecule has 1 aromatic rings. The Kier molecular flexibility index (Phi) is 5.15. The summed E-state index contributed by atoms with van der Waals surface area (Å²) in [6, 6.07) is 9.38. The normalized spacial score (nSPS) is 19.4. The van der Waals surface area contributed by atoms with Gasteiger partial charge in [0.25, 0.3) is 0 Å². The Morgan fingerprint density at radius 3 is 2.35 bits per heavy atom. The van der Waals surface area contributed by atoms with Crippen LogP contribution in [-0.2, 0) is 12.8 Å². The molecule has 94 valence electrons. The van der Waals surface area contributed by atoms with E-state index in [0.29, 0.717) is 17.8 Å². The molecule has 1 aliphatic rings. The van der Waals surface area contributed by atoms with Crippen molar-refractivity contribution in [1.82, 2.24) is 4.90 Å². The minimum atomic E-state index is 0.613. The number of alkyl halides is 2. The highest BCUT2D eigenvalue weighted by molar-refractivity contribution is 6.18. The van der Waals surface area contributed by atoms with Gasteiger partial charge in [0.15, 0.2) is 0 Å². The van der Waals surface area contributed by atoms with Crippen LogP contribution in [0.25, 0.3) is 0 Å². The van der Waals surface area contributed by atoms with E-state index in [-0.39, 0.29) is 0 Å². The van der Waals surface area contributed by atoms with Crippen LogP contribution in [0.15, 0.2) is 24.3 Å². The van der Waals surface area contributed by atoms with E-state index in [1.807, 2.05) is 0 Å². The molecule has 1 aliphatic carbocycles. The first-order valence-electron chi connectivity index (χ1n) is 6.28. The fourth-order valence-electron chi connectivity index (χ4n) is 2.68. The number of hydrogen-bond acceptors (Lipinski definition) is 1. The number of nitrogens with zero attached hydrogens (tertiary/aromatic N) is 1. The number of rotatable bonds is 5. The first-order chi connectivity index (χ1) is 8.35. The summed E-state index contributed by atoms with van der Waals surface area (Å²) < 4.78 is 0. The molecule has 1 nitrogen and oxygen atoms in total. The van der Waals surface area contributed by atoms with Crippen LogP contribution in [0.2, 0.25) is 0 Å². The molecule has 0 saturated carbocycles. The van der Waals surface area contributed by atoms with Gasteiger partial charge < -0.3 is 0 Å². The van der Waals surface area contributed by atoms with Crippen molar-refractivity contribution in [2.75, 3.05) is 24.8 Å². The average molecular weight is 272 g/mol. The Labute approximate surface area is 114 Å². The average Bonchev–Trinajstić information content (AvgIpc) is 2.38. The zero-order valence-electron chi connectivity index (χ0n) is 10.0. The maximum Gasteiger partial charge on any atom is 0.0351 e. The number of halogens is 2. The largest absolute Gasteiger partial charge is 0.298 e. The SMILES string of the molecule is ClCCN(CCCl)[C@H]1CCc2ccccc2C1. The molecule has 1 aromatic carbocycles. The molecule has 3 heteroatoms. The van der Waals surface area contributed by atoms with E-state index in [9.17, 15) is 0 Å². The van der Waals surface area contributed by atoms with Crippen LogP contribution in [0.4, 0.5) is 0 Å². The van der Waals surface area contributed by atoms with Crippen molar-refractivity contribution in [2.45, 2.75) is 25.3 Å². The fraction of sp³-hybridized carbons (Fsp3) is 0.571. The Morgan fingerprint density at radius 2 is 1.71 bits per heavy atom. The van der Waals surface area contributed by atoms with Crippen LogP contribution in [-0.4, -0.2) is 35.8 Å². The summed E-state index contributed by atoms with van der Waals surface area (Å²) in [5, 5.41) is 0. The van der Waals surface area contributed by atoms with Gasteiger partial charge in [-0.1, -0.05) is 24.3 Å². The molecule has 0 aliphatic heterocycles. The summed E-state index contributed by atoms with van der Waals surface area (Å²) >= 11 is 11.7. The van der Waals surface area contributed by atoms with Crippen molar-refractivity contribution in [3.63, 3.8) is 0 Å². The van der Waals surface area contributed by atoms with Crippen LogP contribution in [0.1, 0.15) is 17.5 Å². The highest BCUT2D eigenvalue weighted by Crippen LogP contribution is 2.24. The molecule has 0 radical (unpaired) electrons. The predicted octanol–water partition coefficient (Wildman–Crippen LogP) is 3.32. The van der Waals surface area contributed by atoms with Crippen LogP contribution in [0, 0.1) is 0 Å².